The first kappa shape index (κ1) is 58.8. The molecule has 0 aliphatic heterocycles. The molecule has 0 saturated heterocycles. The van der Waals surface area contributed by atoms with Gasteiger partial charge in [-0.1, -0.05) is 213 Å². The van der Waals surface area contributed by atoms with Gasteiger partial charge in [0.05, 0.1) is 0 Å². The highest BCUT2D eigenvalue weighted by atomic mass is 16.6. The number of allylic oxidation sites excluding steroid dienone is 20. The molecule has 0 radical (unpaired) electrons. The van der Waals surface area contributed by atoms with Gasteiger partial charge in [-0.05, 0) is 89.9 Å². The van der Waals surface area contributed by atoms with Crippen molar-refractivity contribution in [1.82, 2.24) is 0 Å². The first-order chi connectivity index (χ1) is 31.0. The van der Waals surface area contributed by atoms with E-state index < -0.39 is 6.10 Å². The van der Waals surface area contributed by atoms with Gasteiger partial charge in [-0.15, -0.1) is 0 Å². The van der Waals surface area contributed by atoms with Crippen molar-refractivity contribution in [2.45, 2.75) is 207 Å². The molecule has 63 heavy (non-hydrogen) atoms. The lowest BCUT2D eigenvalue weighted by Gasteiger charge is -2.18. The molecular weight excluding hydrogens is 781 g/mol. The molecule has 0 amide bonds. The standard InChI is InChI=1S/C57H90O6/c1-4-7-10-13-16-19-22-24-26-27-28-29-31-32-35-38-41-44-47-50-56(59)62-53-54(52-61-55(58)49-46-43-40-37-34-21-18-15-12-9-6-3)63-57(60)51-48-45-42-39-36-33-30-25-23-20-17-14-11-8-5-2/h8-9,11-12,14,16-25,30,33,36-37,40,54H,4-7,10,13,15,26-29,31-32,34-35,38-39,41-53H2,1-3H3/b11-8-,12-9-,17-14-,19-16-,21-18-,23-20-,24-22-,30-25-,36-33-,40-37-. The molecule has 0 spiro atoms. The van der Waals surface area contributed by atoms with Crippen LogP contribution in [0, 0.1) is 0 Å². The van der Waals surface area contributed by atoms with Crippen LogP contribution in [0.5, 0.6) is 0 Å². The van der Waals surface area contributed by atoms with Crippen molar-refractivity contribution < 1.29 is 28.6 Å². The summed E-state index contributed by atoms with van der Waals surface area (Å²) in [5.41, 5.74) is 0. The summed E-state index contributed by atoms with van der Waals surface area (Å²) in [6, 6.07) is 0. The number of hydrogen-bond donors (Lipinski definition) is 0. The molecule has 1 unspecified atom stereocenters. The molecule has 0 aliphatic carbocycles. The first-order valence-electron chi connectivity index (χ1n) is 25.1. The van der Waals surface area contributed by atoms with E-state index in [4.69, 9.17) is 14.2 Å². The van der Waals surface area contributed by atoms with Gasteiger partial charge in [-0.3, -0.25) is 14.4 Å². The van der Waals surface area contributed by atoms with Gasteiger partial charge in [-0.25, -0.2) is 0 Å². The molecule has 0 fully saturated rings. The Kier molecular flexibility index (Phi) is 47.1. The molecule has 0 saturated carbocycles. The van der Waals surface area contributed by atoms with Crippen LogP contribution in [0.3, 0.4) is 0 Å². The zero-order valence-corrected chi connectivity index (χ0v) is 40.3. The molecule has 6 heteroatoms. The predicted octanol–water partition coefficient (Wildman–Crippen LogP) is 16.5. The fourth-order valence-corrected chi connectivity index (χ4v) is 6.36. The number of ether oxygens (including phenoxy) is 3. The molecule has 6 nitrogen and oxygen atoms in total. The summed E-state index contributed by atoms with van der Waals surface area (Å²) in [7, 11) is 0. The van der Waals surface area contributed by atoms with Crippen LogP contribution in [-0.4, -0.2) is 37.2 Å². The van der Waals surface area contributed by atoms with Crippen LogP contribution >= 0.6 is 0 Å². The highest BCUT2D eigenvalue weighted by Gasteiger charge is 2.19. The SMILES string of the molecule is CC\C=C/C=C\C=C/C=C\C=C/CCCCCC(=O)OC(COC(=O)CCC/C=C\C/C=C\C/C=C\CC)COC(=O)CCCCCCCCCCCC/C=C\C=C/CCCCC. The quantitative estimate of drug-likeness (QED) is 0.0200. The minimum Gasteiger partial charge on any atom is -0.462 e. The summed E-state index contributed by atoms with van der Waals surface area (Å²) in [5.74, 6) is -1.03. The molecule has 354 valence electrons. The number of hydrogen-bond acceptors (Lipinski definition) is 6. The van der Waals surface area contributed by atoms with E-state index in [2.05, 4.69) is 93.7 Å². The first-order valence-corrected chi connectivity index (χ1v) is 25.1. The maximum absolute atomic E-state index is 12.8. The Bertz CT molecular complexity index is 1370. The van der Waals surface area contributed by atoms with Gasteiger partial charge in [0.1, 0.15) is 13.2 Å². The number of rotatable bonds is 43. The van der Waals surface area contributed by atoms with Crippen molar-refractivity contribution in [1.29, 1.82) is 0 Å². The number of unbranched alkanes of at least 4 members (excludes halogenated alkanes) is 17. The van der Waals surface area contributed by atoms with E-state index in [1.807, 2.05) is 48.6 Å². The van der Waals surface area contributed by atoms with Gasteiger partial charge in [0.25, 0.3) is 0 Å². The van der Waals surface area contributed by atoms with Gasteiger partial charge in [-0.2, -0.15) is 0 Å². The normalized spacial score (nSPS) is 13.1. The van der Waals surface area contributed by atoms with E-state index >= 15 is 0 Å². The smallest absolute Gasteiger partial charge is 0.306 e. The molecule has 0 aromatic heterocycles. The van der Waals surface area contributed by atoms with Crippen molar-refractivity contribution in [3.63, 3.8) is 0 Å². The summed E-state index contributed by atoms with van der Waals surface area (Å²) in [6.45, 7) is 6.24. The summed E-state index contributed by atoms with van der Waals surface area (Å²) in [4.78, 5) is 37.9. The van der Waals surface area contributed by atoms with E-state index in [1.54, 1.807) is 0 Å². The fraction of sp³-hybridized carbons (Fsp3) is 0.596. The summed E-state index contributed by atoms with van der Waals surface area (Å²) in [5, 5.41) is 0. The minimum absolute atomic E-state index is 0.117. The molecule has 0 aromatic carbocycles. The summed E-state index contributed by atoms with van der Waals surface area (Å²) >= 11 is 0. The highest BCUT2D eigenvalue weighted by molar-refractivity contribution is 5.71. The Balaban J connectivity index is 4.48. The maximum atomic E-state index is 12.8. The molecule has 0 N–H and O–H groups in total. The monoisotopic (exact) mass is 871 g/mol. The van der Waals surface area contributed by atoms with Gasteiger partial charge in [0.15, 0.2) is 6.10 Å². The average Bonchev–Trinajstić information content (AvgIpc) is 3.28. The lowest BCUT2D eigenvalue weighted by Crippen LogP contribution is -2.30. The van der Waals surface area contributed by atoms with Gasteiger partial charge in [0, 0.05) is 19.3 Å². The second kappa shape index (κ2) is 50.5. The topological polar surface area (TPSA) is 78.9 Å². The fourth-order valence-electron chi connectivity index (χ4n) is 6.36. The number of esters is 3. The maximum Gasteiger partial charge on any atom is 0.306 e. The van der Waals surface area contributed by atoms with Crippen LogP contribution in [0.2, 0.25) is 0 Å². The van der Waals surface area contributed by atoms with Gasteiger partial charge < -0.3 is 14.2 Å². The minimum atomic E-state index is -0.824. The molecule has 0 aromatic rings. The van der Waals surface area contributed by atoms with Crippen molar-refractivity contribution in [3.05, 3.63) is 122 Å². The van der Waals surface area contributed by atoms with Crippen LogP contribution in [0.4, 0.5) is 0 Å². The molecular formula is C57H90O6. The summed E-state index contributed by atoms with van der Waals surface area (Å²) in [6.07, 6.45) is 69.1. The van der Waals surface area contributed by atoms with Crippen LogP contribution in [0.25, 0.3) is 0 Å². The molecule has 0 heterocycles. The number of carbonyl (C=O) groups excluding carboxylic acids is 3. The molecule has 0 rings (SSSR count). The Morgan fingerprint density at radius 2 is 0.714 bits per heavy atom. The van der Waals surface area contributed by atoms with Gasteiger partial charge in [0.2, 0.25) is 0 Å². The third kappa shape index (κ3) is 48.7. The van der Waals surface area contributed by atoms with E-state index in [0.717, 1.165) is 70.6 Å². The molecule has 0 bridgehead atoms. The Morgan fingerprint density at radius 1 is 0.349 bits per heavy atom. The number of carbonyl (C=O) groups is 3. The second-order valence-corrected chi connectivity index (χ2v) is 16.1. The van der Waals surface area contributed by atoms with Crippen LogP contribution in [0.1, 0.15) is 201 Å². The van der Waals surface area contributed by atoms with Gasteiger partial charge >= 0.3 is 17.9 Å². The van der Waals surface area contributed by atoms with Crippen molar-refractivity contribution in [2.24, 2.45) is 0 Å². The molecule has 1 atom stereocenters. The van der Waals surface area contributed by atoms with Crippen molar-refractivity contribution in [3.8, 4) is 0 Å². The Labute approximate surface area is 386 Å². The van der Waals surface area contributed by atoms with E-state index in [9.17, 15) is 14.4 Å². The lowest BCUT2D eigenvalue weighted by atomic mass is 10.1. The highest BCUT2D eigenvalue weighted by Crippen LogP contribution is 2.14. The van der Waals surface area contributed by atoms with E-state index in [0.29, 0.717) is 19.3 Å². The van der Waals surface area contributed by atoms with Crippen LogP contribution in [-0.2, 0) is 28.6 Å². The molecule has 0 aliphatic rings. The second-order valence-electron chi connectivity index (χ2n) is 16.1. The average molecular weight is 871 g/mol. The Morgan fingerprint density at radius 3 is 1.24 bits per heavy atom. The van der Waals surface area contributed by atoms with Crippen molar-refractivity contribution in [2.75, 3.05) is 13.2 Å². The predicted molar refractivity (Wildman–Crippen MR) is 269 cm³/mol. The largest absolute Gasteiger partial charge is 0.462 e. The third-order valence-corrected chi connectivity index (χ3v) is 10.1. The van der Waals surface area contributed by atoms with Crippen LogP contribution < -0.4 is 0 Å². The third-order valence-electron chi connectivity index (χ3n) is 10.1. The van der Waals surface area contributed by atoms with E-state index in [-0.39, 0.29) is 44.0 Å². The van der Waals surface area contributed by atoms with Crippen LogP contribution in [0.15, 0.2) is 122 Å². The zero-order valence-electron chi connectivity index (χ0n) is 40.3. The zero-order chi connectivity index (χ0) is 45.8. The lowest BCUT2D eigenvalue weighted by molar-refractivity contribution is -0.167. The Hall–Kier alpha value is -4.19. The van der Waals surface area contributed by atoms with E-state index in [1.165, 1.54) is 77.0 Å². The summed E-state index contributed by atoms with van der Waals surface area (Å²) < 4.78 is 16.7. The van der Waals surface area contributed by atoms with Crippen molar-refractivity contribution >= 4 is 17.9 Å².